The van der Waals surface area contributed by atoms with Gasteiger partial charge in [0.15, 0.2) is 0 Å². The van der Waals surface area contributed by atoms with Crippen LogP contribution in [-0.4, -0.2) is 34.5 Å². The molecule has 0 aromatic carbocycles. The maximum atomic E-state index is 11.9. The number of rotatable bonds is 4. The Bertz CT molecular complexity index is 851. The highest BCUT2D eigenvalue weighted by atomic mass is 16.6. The van der Waals surface area contributed by atoms with Crippen LogP contribution in [0.1, 0.15) is 72.1 Å². The predicted octanol–water partition coefficient (Wildman–Crippen LogP) is 5.27. The topological polar surface area (TPSA) is 66.8 Å². The van der Waals surface area contributed by atoms with Gasteiger partial charge < -0.3 is 14.9 Å². The Balaban J connectivity index is 1.49. The van der Waals surface area contributed by atoms with Crippen molar-refractivity contribution < 1.29 is 19.7 Å². The molecule has 176 valence electrons. The highest BCUT2D eigenvalue weighted by molar-refractivity contribution is 5.90. The van der Waals surface area contributed by atoms with Gasteiger partial charge in [-0.25, -0.2) is 4.79 Å². The summed E-state index contributed by atoms with van der Waals surface area (Å²) in [5.74, 6) is 1.58. The van der Waals surface area contributed by atoms with Crippen LogP contribution in [0.4, 0.5) is 0 Å². The number of carbonyl (C=O) groups excluding carboxylic acids is 1. The van der Waals surface area contributed by atoms with Gasteiger partial charge in [-0.3, -0.25) is 0 Å². The second-order valence-corrected chi connectivity index (χ2v) is 11.1. The molecule has 0 aromatic heterocycles. The summed E-state index contributed by atoms with van der Waals surface area (Å²) in [5, 5.41) is 20.2. The number of aliphatic hydroxyl groups excluding tert-OH is 2. The summed E-state index contributed by atoms with van der Waals surface area (Å²) in [5.41, 5.74) is 4.14. The van der Waals surface area contributed by atoms with Crippen molar-refractivity contribution in [3.63, 3.8) is 0 Å². The standard InChI is InChI=1S/C28H40O4/c1-16(13-26-17(2)18(3)27(31)32-26)23-10-11-24-20(7-6-12-28(23,24)5)8-9-21-14-22(29)15-25(30)19(21)4/h8-9,16-17,22-26,29-30H,3-4,6-7,10-15H2,1-2,5H3/b20-8+,21-9-/t16-,17+,22-,23-,24+,25+,26-,28-/m1/s1. The molecule has 0 bridgehead atoms. The molecule has 2 N–H and O–H groups in total. The Morgan fingerprint density at radius 2 is 1.97 bits per heavy atom. The van der Waals surface area contributed by atoms with Crippen LogP contribution in [0.15, 0.2) is 47.6 Å². The molecule has 1 saturated heterocycles. The zero-order valence-electron chi connectivity index (χ0n) is 20.0. The molecular formula is C28H40O4. The Kier molecular flexibility index (Phi) is 6.57. The van der Waals surface area contributed by atoms with E-state index in [0.717, 1.165) is 24.0 Å². The number of cyclic esters (lactones) is 1. The summed E-state index contributed by atoms with van der Waals surface area (Å²) in [6.07, 6.45) is 11.1. The van der Waals surface area contributed by atoms with Crippen molar-refractivity contribution in [3.05, 3.63) is 47.6 Å². The van der Waals surface area contributed by atoms with Crippen LogP contribution < -0.4 is 0 Å². The van der Waals surface area contributed by atoms with Gasteiger partial charge in [0.05, 0.1) is 12.2 Å². The van der Waals surface area contributed by atoms with Crippen molar-refractivity contribution in [2.75, 3.05) is 0 Å². The summed E-state index contributed by atoms with van der Waals surface area (Å²) < 4.78 is 5.63. The lowest BCUT2D eigenvalue weighted by Crippen LogP contribution is -2.37. The molecule has 3 saturated carbocycles. The fraction of sp³-hybridized carbons (Fsp3) is 0.679. The van der Waals surface area contributed by atoms with Crippen LogP contribution >= 0.6 is 0 Å². The first-order valence-electron chi connectivity index (χ1n) is 12.5. The van der Waals surface area contributed by atoms with Crippen molar-refractivity contribution >= 4 is 5.97 Å². The van der Waals surface area contributed by atoms with Crippen LogP contribution in [0.25, 0.3) is 0 Å². The molecule has 4 aliphatic rings. The van der Waals surface area contributed by atoms with Crippen LogP contribution in [0, 0.1) is 29.1 Å². The molecule has 3 aliphatic carbocycles. The minimum absolute atomic E-state index is 0.0360. The van der Waals surface area contributed by atoms with Crippen molar-refractivity contribution in [2.24, 2.45) is 29.1 Å². The Morgan fingerprint density at radius 1 is 1.22 bits per heavy atom. The lowest BCUT2D eigenvalue weighted by molar-refractivity contribution is -0.140. The molecule has 0 amide bonds. The molecular weight excluding hydrogens is 400 g/mol. The number of fused-ring (bicyclic) bond motifs is 1. The van der Waals surface area contributed by atoms with Gasteiger partial charge in [0.2, 0.25) is 0 Å². The SMILES string of the molecule is C=C1/C(=C\C=C2/CCC[C@]3(C)[C@@H]([C@H](C)C[C@H]4OC(=O)C(=C)[C@@H]4C)CC[C@@H]23)C[C@@H](O)C[C@@H]1O. The third kappa shape index (κ3) is 4.17. The van der Waals surface area contributed by atoms with E-state index in [-0.39, 0.29) is 23.4 Å². The van der Waals surface area contributed by atoms with Gasteiger partial charge in [0.25, 0.3) is 0 Å². The number of ether oxygens (including phenoxy) is 1. The minimum Gasteiger partial charge on any atom is -0.458 e. The molecule has 1 heterocycles. The van der Waals surface area contributed by atoms with E-state index in [2.05, 4.69) is 46.1 Å². The molecule has 4 nitrogen and oxygen atoms in total. The number of hydrogen-bond acceptors (Lipinski definition) is 4. The third-order valence-corrected chi connectivity index (χ3v) is 9.22. The van der Waals surface area contributed by atoms with E-state index < -0.39 is 12.2 Å². The summed E-state index contributed by atoms with van der Waals surface area (Å²) >= 11 is 0. The van der Waals surface area contributed by atoms with Gasteiger partial charge in [-0.15, -0.1) is 0 Å². The Morgan fingerprint density at radius 3 is 2.66 bits per heavy atom. The second kappa shape index (κ2) is 8.95. The van der Waals surface area contributed by atoms with Gasteiger partial charge in [0.1, 0.15) is 6.10 Å². The smallest absolute Gasteiger partial charge is 0.334 e. The normalized spacial score (nSPS) is 43.6. The van der Waals surface area contributed by atoms with E-state index in [4.69, 9.17) is 4.74 Å². The lowest BCUT2D eigenvalue weighted by Gasteiger charge is -2.44. The molecule has 32 heavy (non-hydrogen) atoms. The van der Waals surface area contributed by atoms with Gasteiger partial charge in [-0.1, -0.05) is 51.7 Å². The monoisotopic (exact) mass is 440 g/mol. The molecule has 0 spiro atoms. The zero-order valence-corrected chi connectivity index (χ0v) is 20.0. The molecule has 4 rings (SSSR count). The van der Waals surface area contributed by atoms with Crippen LogP contribution in [0.3, 0.4) is 0 Å². The molecule has 0 radical (unpaired) electrons. The maximum absolute atomic E-state index is 11.9. The molecule has 8 atom stereocenters. The van der Waals surface area contributed by atoms with E-state index in [0.29, 0.717) is 36.2 Å². The van der Waals surface area contributed by atoms with Crippen LogP contribution in [-0.2, 0) is 9.53 Å². The number of allylic oxidation sites excluding steroid dienone is 3. The average Bonchev–Trinajstić information content (AvgIpc) is 3.21. The quantitative estimate of drug-likeness (QED) is 0.462. The van der Waals surface area contributed by atoms with Gasteiger partial charge in [0, 0.05) is 17.9 Å². The Hall–Kier alpha value is -1.65. The zero-order chi connectivity index (χ0) is 23.2. The number of aliphatic hydroxyl groups is 2. The third-order valence-electron chi connectivity index (χ3n) is 9.22. The fourth-order valence-corrected chi connectivity index (χ4v) is 7.19. The number of esters is 1. The summed E-state index contributed by atoms with van der Waals surface area (Å²) in [4.78, 5) is 11.9. The van der Waals surface area contributed by atoms with Crippen molar-refractivity contribution in [1.82, 2.24) is 0 Å². The van der Waals surface area contributed by atoms with Crippen LogP contribution in [0.5, 0.6) is 0 Å². The fourth-order valence-electron chi connectivity index (χ4n) is 7.19. The molecule has 4 heteroatoms. The maximum Gasteiger partial charge on any atom is 0.334 e. The largest absolute Gasteiger partial charge is 0.458 e. The van der Waals surface area contributed by atoms with Crippen molar-refractivity contribution in [3.8, 4) is 0 Å². The summed E-state index contributed by atoms with van der Waals surface area (Å²) in [7, 11) is 0. The first kappa shape index (κ1) is 23.5. The van der Waals surface area contributed by atoms with Crippen molar-refractivity contribution in [1.29, 1.82) is 0 Å². The van der Waals surface area contributed by atoms with E-state index in [1.54, 1.807) is 0 Å². The number of hydrogen-bond donors (Lipinski definition) is 2. The summed E-state index contributed by atoms with van der Waals surface area (Å²) in [6.45, 7) is 14.8. The highest BCUT2D eigenvalue weighted by Crippen LogP contribution is 2.60. The van der Waals surface area contributed by atoms with Crippen LogP contribution in [0.2, 0.25) is 0 Å². The first-order chi connectivity index (χ1) is 15.1. The molecule has 0 unspecified atom stereocenters. The number of carbonyl (C=O) groups is 1. The lowest BCUT2D eigenvalue weighted by atomic mass is 9.60. The molecule has 4 fully saturated rings. The minimum atomic E-state index is -0.639. The van der Waals surface area contributed by atoms with Gasteiger partial charge in [-0.05, 0) is 79.3 Å². The van der Waals surface area contributed by atoms with E-state index >= 15 is 0 Å². The highest BCUT2D eigenvalue weighted by Gasteiger charge is 2.51. The molecule has 1 aliphatic heterocycles. The van der Waals surface area contributed by atoms with E-state index in [9.17, 15) is 15.0 Å². The summed E-state index contributed by atoms with van der Waals surface area (Å²) in [6, 6.07) is 0. The van der Waals surface area contributed by atoms with E-state index in [1.807, 2.05) is 0 Å². The van der Waals surface area contributed by atoms with E-state index in [1.165, 1.54) is 31.3 Å². The average molecular weight is 441 g/mol. The molecule has 0 aromatic rings. The second-order valence-electron chi connectivity index (χ2n) is 11.1. The Labute approximate surface area is 193 Å². The predicted molar refractivity (Wildman–Crippen MR) is 127 cm³/mol. The first-order valence-corrected chi connectivity index (χ1v) is 12.5. The van der Waals surface area contributed by atoms with Gasteiger partial charge >= 0.3 is 5.97 Å². The van der Waals surface area contributed by atoms with Gasteiger partial charge in [-0.2, -0.15) is 0 Å². The van der Waals surface area contributed by atoms with Crippen molar-refractivity contribution in [2.45, 2.75) is 90.4 Å².